The lowest BCUT2D eigenvalue weighted by atomic mass is 9.54. The molecule has 4 heteroatoms. The fourth-order valence-electron chi connectivity index (χ4n) is 11.5. The van der Waals surface area contributed by atoms with Crippen molar-refractivity contribution in [3.05, 3.63) is 343 Å². The Labute approximate surface area is 444 Å². The number of nitrogens with zero attached hydrogens (tertiary/aromatic N) is 4. The van der Waals surface area contributed by atoms with E-state index in [1.54, 1.807) is 0 Å². The monoisotopic (exact) mass is 972 g/mol. The Bertz CT molecular complexity index is 4010. The van der Waals surface area contributed by atoms with Gasteiger partial charge in [0.05, 0.1) is 16.4 Å². The minimum absolute atomic E-state index is 0.172. The highest BCUT2D eigenvalue weighted by molar-refractivity contribution is 6.19. The quantitative estimate of drug-likeness (QED) is 0.122. The minimum Gasteiger partial charge on any atom is -0.295 e. The molecule has 0 bridgehead atoms. The summed E-state index contributed by atoms with van der Waals surface area (Å²) in [7, 11) is 0. The highest BCUT2D eigenvalue weighted by atomic mass is 15.2. The average molecular weight is 973 g/mol. The Hall–Kier alpha value is -9.90. The van der Waals surface area contributed by atoms with Crippen molar-refractivity contribution in [3.8, 4) is 0 Å². The normalized spacial score (nSPS) is 15.3. The van der Waals surface area contributed by atoms with E-state index in [2.05, 4.69) is 319 Å². The number of fused-ring (bicyclic) bond motifs is 2. The zero-order valence-corrected chi connectivity index (χ0v) is 41.8. The molecule has 1 aliphatic carbocycles. The molecule has 2 heterocycles. The maximum absolute atomic E-state index is 5.25. The zero-order chi connectivity index (χ0) is 50.7. The Balaban J connectivity index is 1.05. The summed E-state index contributed by atoms with van der Waals surface area (Å²) >= 11 is 0. The fourth-order valence-corrected chi connectivity index (χ4v) is 11.5. The van der Waals surface area contributed by atoms with Gasteiger partial charge in [-0.1, -0.05) is 224 Å². The molecule has 76 heavy (non-hydrogen) atoms. The van der Waals surface area contributed by atoms with E-state index >= 15 is 0 Å². The molecule has 0 radical (unpaired) electrons. The number of hydrogen-bond acceptors (Lipinski definition) is 4. The third kappa shape index (κ3) is 8.42. The number of anilines is 6. The van der Waals surface area contributed by atoms with Gasteiger partial charge in [-0.3, -0.25) is 9.80 Å². The third-order valence-electron chi connectivity index (χ3n) is 14.9. The maximum Gasteiger partial charge on any atom is 0.138 e. The SMILES string of the molecule is C1=C(c2ccc(N(c3ccccc3)c3ccc4ccccc4n3)cc2)C(c2ccccc2)=C(c2ccccc2)C(c2ccccc2)(c2ccc(N(c3ccccc3)c3ccc4ccccc4n3)cc2)C1c1ccccc1. The van der Waals surface area contributed by atoms with Gasteiger partial charge < -0.3 is 0 Å². The molecule has 12 aromatic rings. The average Bonchev–Trinajstić information content (AvgIpc) is 3.68. The molecule has 4 nitrogen and oxygen atoms in total. The summed E-state index contributed by atoms with van der Waals surface area (Å²) in [5, 5.41) is 2.21. The second-order valence-electron chi connectivity index (χ2n) is 19.3. The summed E-state index contributed by atoms with van der Waals surface area (Å²) in [4.78, 5) is 15.0. The minimum atomic E-state index is -0.748. The van der Waals surface area contributed by atoms with Gasteiger partial charge in [0, 0.05) is 39.4 Å². The number of rotatable bonds is 12. The highest BCUT2D eigenvalue weighted by Crippen LogP contribution is 2.62. The largest absolute Gasteiger partial charge is 0.295 e. The molecule has 0 amide bonds. The van der Waals surface area contributed by atoms with Gasteiger partial charge in [-0.05, 0) is 135 Å². The number of hydrogen-bond donors (Lipinski definition) is 0. The van der Waals surface area contributed by atoms with Crippen molar-refractivity contribution < 1.29 is 0 Å². The molecule has 360 valence electrons. The lowest BCUT2D eigenvalue weighted by molar-refractivity contribution is 0.587. The second kappa shape index (κ2) is 20.2. The predicted octanol–water partition coefficient (Wildman–Crippen LogP) is 18.5. The topological polar surface area (TPSA) is 32.3 Å². The first kappa shape index (κ1) is 45.9. The first-order valence-electron chi connectivity index (χ1n) is 26.0. The lowest BCUT2D eigenvalue weighted by Crippen LogP contribution is -2.39. The van der Waals surface area contributed by atoms with Crippen LogP contribution < -0.4 is 9.80 Å². The van der Waals surface area contributed by atoms with Crippen LogP contribution in [0.3, 0.4) is 0 Å². The van der Waals surface area contributed by atoms with Crippen molar-refractivity contribution in [1.82, 2.24) is 9.97 Å². The van der Waals surface area contributed by atoms with Crippen molar-refractivity contribution in [1.29, 1.82) is 0 Å². The third-order valence-corrected chi connectivity index (χ3v) is 14.9. The molecule has 2 unspecified atom stereocenters. The molecular weight excluding hydrogens is 921 g/mol. The van der Waals surface area contributed by atoms with E-state index in [1.807, 2.05) is 0 Å². The molecule has 0 saturated heterocycles. The number of para-hydroxylation sites is 4. The zero-order valence-electron chi connectivity index (χ0n) is 41.8. The summed E-state index contributed by atoms with van der Waals surface area (Å²) in [6, 6.07) is 109. The second-order valence-corrected chi connectivity index (χ2v) is 19.3. The fraction of sp³-hybridized carbons (Fsp3) is 0.0278. The summed E-state index contributed by atoms with van der Waals surface area (Å²) in [5.41, 5.74) is 15.9. The van der Waals surface area contributed by atoms with Crippen molar-refractivity contribution in [2.75, 3.05) is 9.80 Å². The van der Waals surface area contributed by atoms with E-state index in [1.165, 1.54) is 33.4 Å². The van der Waals surface area contributed by atoms with Gasteiger partial charge in [0.2, 0.25) is 0 Å². The van der Waals surface area contributed by atoms with E-state index < -0.39 is 5.41 Å². The number of benzene rings is 10. The van der Waals surface area contributed by atoms with E-state index in [0.29, 0.717) is 0 Å². The Morgan fingerprint density at radius 3 is 1.21 bits per heavy atom. The number of allylic oxidation sites excluding steroid dienone is 4. The van der Waals surface area contributed by atoms with Crippen LogP contribution in [-0.2, 0) is 5.41 Å². The van der Waals surface area contributed by atoms with Gasteiger partial charge in [-0.25, -0.2) is 9.97 Å². The molecular formula is C72H52N4. The van der Waals surface area contributed by atoms with Crippen LogP contribution in [0.1, 0.15) is 39.3 Å². The Morgan fingerprint density at radius 1 is 0.303 bits per heavy atom. The van der Waals surface area contributed by atoms with E-state index in [4.69, 9.17) is 9.97 Å². The van der Waals surface area contributed by atoms with E-state index in [0.717, 1.165) is 72.9 Å². The summed E-state index contributed by atoms with van der Waals surface area (Å²) < 4.78 is 0. The Morgan fingerprint density at radius 2 is 0.697 bits per heavy atom. The Kier molecular flexibility index (Phi) is 12.2. The molecule has 0 aliphatic heterocycles. The standard InChI is InChI=1S/C72H52N4/c1-7-23-53(24-8-1)65-51-64(52-39-45-62(46-40-52)75(60-33-15-5-16-34-60)68-49-41-54-25-19-21-37-66(54)73-68)70(56-27-9-2-10-28-56)71(57-29-11-3-12-30-57)72(65,58-31-13-4-14-32-58)59-43-47-63(48-44-59)76(61-35-17-6-18-36-61)69-50-42-55-26-20-22-38-67(55)74-69/h1-51,65H. The van der Waals surface area contributed by atoms with E-state index in [-0.39, 0.29) is 5.92 Å². The maximum atomic E-state index is 5.25. The van der Waals surface area contributed by atoms with Gasteiger partial charge in [0.1, 0.15) is 11.6 Å². The van der Waals surface area contributed by atoms with Crippen LogP contribution >= 0.6 is 0 Å². The first-order chi connectivity index (χ1) is 37.7. The van der Waals surface area contributed by atoms with Gasteiger partial charge in [-0.2, -0.15) is 0 Å². The smallest absolute Gasteiger partial charge is 0.138 e. The highest BCUT2D eigenvalue weighted by Gasteiger charge is 2.50. The van der Waals surface area contributed by atoms with Crippen LogP contribution in [0, 0.1) is 0 Å². The van der Waals surface area contributed by atoms with Crippen molar-refractivity contribution >= 4 is 72.9 Å². The molecule has 0 spiro atoms. The number of pyridine rings is 2. The van der Waals surface area contributed by atoms with Crippen LogP contribution in [0.4, 0.5) is 34.4 Å². The molecule has 0 N–H and O–H groups in total. The first-order valence-corrected chi connectivity index (χ1v) is 26.0. The lowest BCUT2D eigenvalue weighted by Gasteiger charge is -2.48. The molecule has 2 aromatic heterocycles. The van der Waals surface area contributed by atoms with Gasteiger partial charge in [0.15, 0.2) is 0 Å². The van der Waals surface area contributed by atoms with E-state index in [9.17, 15) is 0 Å². The molecule has 1 aliphatic rings. The predicted molar refractivity (Wildman–Crippen MR) is 317 cm³/mol. The molecule has 2 atom stereocenters. The van der Waals surface area contributed by atoms with Crippen LogP contribution in [0.5, 0.6) is 0 Å². The summed E-state index contributed by atoms with van der Waals surface area (Å²) in [6.07, 6.45) is 2.56. The summed E-state index contributed by atoms with van der Waals surface area (Å²) in [5.74, 6) is 1.54. The van der Waals surface area contributed by atoms with Gasteiger partial charge in [0.25, 0.3) is 0 Å². The van der Waals surface area contributed by atoms with Gasteiger partial charge in [-0.15, -0.1) is 0 Å². The molecule has 10 aromatic carbocycles. The molecule has 13 rings (SSSR count). The van der Waals surface area contributed by atoms with Crippen molar-refractivity contribution in [3.63, 3.8) is 0 Å². The van der Waals surface area contributed by atoms with Crippen LogP contribution in [0.15, 0.2) is 309 Å². The van der Waals surface area contributed by atoms with Crippen LogP contribution in [-0.4, -0.2) is 9.97 Å². The molecule has 0 fully saturated rings. The van der Waals surface area contributed by atoms with Crippen LogP contribution in [0.2, 0.25) is 0 Å². The molecule has 0 saturated carbocycles. The van der Waals surface area contributed by atoms with Crippen molar-refractivity contribution in [2.24, 2.45) is 0 Å². The number of aromatic nitrogens is 2. The van der Waals surface area contributed by atoms with Crippen molar-refractivity contribution in [2.45, 2.75) is 11.3 Å². The van der Waals surface area contributed by atoms with Gasteiger partial charge >= 0.3 is 0 Å². The van der Waals surface area contributed by atoms with Crippen LogP contribution in [0.25, 0.3) is 38.5 Å². The summed E-state index contributed by atoms with van der Waals surface area (Å²) in [6.45, 7) is 0.